The molecule has 3 heterocycles. The summed E-state index contributed by atoms with van der Waals surface area (Å²) in [5.41, 5.74) is 1.92. The summed E-state index contributed by atoms with van der Waals surface area (Å²) >= 11 is 1.77. The van der Waals surface area contributed by atoms with Gasteiger partial charge in [0.2, 0.25) is 5.90 Å². The molecule has 178 valence electrons. The number of pyridine rings is 1. The number of hydrogen-bond acceptors (Lipinski definition) is 8. The predicted octanol–water partition coefficient (Wildman–Crippen LogP) is 4.71. The van der Waals surface area contributed by atoms with Crippen LogP contribution in [0.2, 0.25) is 0 Å². The smallest absolute Gasteiger partial charge is 0.274 e. The Balaban J connectivity index is 1.68. The first-order valence-electron chi connectivity index (χ1n) is 11.3. The van der Waals surface area contributed by atoms with Gasteiger partial charge < -0.3 is 15.0 Å². The van der Waals surface area contributed by atoms with E-state index in [9.17, 15) is 10.1 Å². The molecule has 0 amide bonds. The Kier molecular flexibility index (Phi) is 8.94. The van der Waals surface area contributed by atoms with Crippen LogP contribution in [0.3, 0.4) is 0 Å². The quantitative estimate of drug-likeness (QED) is 0.268. The normalized spacial score (nSPS) is 19.7. The van der Waals surface area contributed by atoms with Crippen molar-refractivity contribution in [1.82, 2.24) is 15.2 Å². The molecule has 3 rings (SSSR count). The average molecular weight is 472 g/mol. The van der Waals surface area contributed by atoms with Gasteiger partial charge >= 0.3 is 0 Å². The molecule has 0 bridgehead atoms. The predicted molar refractivity (Wildman–Crippen MR) is 133 cm³/mol. The minimum Gasteiger partial charge on any atom is -0.475 e. The maximum atomic E-state index is 11.3. The zero-order valence-corrected chi connectivity index (χ0v) is 20.4. The summed E-state index contributed by atoms with van der Waals surface area (Å²) in [4.78, 5) is 21.4. The van der Waals surface area contributed by atoms with Crippen molar-refractivity contribution in [3.8, 4) is 0 Å². The van der Waals surface area contributed by atoms with E-state index in [1.54, 1.807) is 29.1 Å². The van der Waals surface area contributed by atoms with Crippen molar-refractivity contribution in [3.05, 3.63) is 76.3 Å². The van der Waals surface area contributed by atoms with Gasteiger partial charge in [-0.2, -0.15) is 11.8 Å². The monoisotopic (exact) mass is 471 g/mol. The van der Waals surface area contributed by atoms with E-state index in [4.69, 9.17) is 9.73 Å². The Bertz CT molecular complexity index is 927. The van der Waals surface area contributed by atoms with E-state index in [1.807, 2.05) is 38.4 Å². The van der Waals surface area contributed by atoms with Crippen LogP contribution in [0.4, 0.5) is 0 Å². The first-order chi connectivity index (χ1) is 15.9. The topological polar surface area (TPSA) is 92.9 Å². The van der Waals surface area contributed by atoms with E-state index in [0.29, 0.717) is 24.9 Å². The van der Waals surface area contributed by atoms with E-state index in [-0.39, 0.29) is 11.5 Å². The van der Waals surface area contributed by atoms with Gasteiger partial charge in [0.05, 0.1) is 10.5 Å². The third-order valence-corrected chi connectivity index (χ3v) is 6.35. The lowest BCUT2D eigenvalue weighted by atomic mass is 9.92. The van der Waals surface area contributed by atoms with Gasteiger partial charge in [-0.1, -0.05) is 25.8 Å². The number of rotatable bonds is 12. The third-order valence-electron chi connectivity index (χ3n) is 5.32. The standard InChI is InChI=1S/C24H33N5O3S/c1-4-5-6-20-9-13-28(15-21(20)23-27-24(2,3)18-32-23)22(16-29(30)31)26-12-14-33-17-19-7-10-25-11-8-19/h7-11,13,15-16,20,26H,4-6,12,14,17-18H2,1-3H3/b22-16+. The lowest BCUT2D eigenvalue weighted by molar-refractivity contribution is -0.404. The maximum Gasteiger partial charge on any atom is 0.274 e. The van der Waals surface area contributed by atoms with Crippen LogP contribution in [0.15, 0.2) is 65.6 Å². The molecule has 9 heteroatoms. The Morgan fingerprint density at radius 2 is 2.21 bits per heavy atom. The number of ether oxygens (including phenoxy) is 1. The molecule has 0 spiro atoms. The number of nitrogens with zero attached hydrogens (tertiary/aromatic N) is 4. The third kappa shape index (κ3) is 7.63. The molecule has 0 saturated heterocycles. The van der Waals surface area contributed by atoms with Crippen LogP contribution in [0.1, 0.15) is 45.6 Å². The summed E-state index contributed by atoms with van der Waals surface area (Å²) in [5.74, 6) is 2.93. The van der Waals surface area contributed by atoms with Gasteiger partial charge in [0.1, 0.15) is 6.61 Å². The molecule has 0 fully saturated rings. The van der Waals surface area contributed by atoms with E-state index in [2.05, 4.69) is 23.3 Å². The number of nitro groups is 1. The van der Waals surface area contributed by atoms with E-state index >= 15 is 0 Å². The maximum absolute atomic E-state index is 11.3. The molecule has 0 saturated carbocycles. The number of aromatic nitrogens is 1. The van der Waals surface area contributed by atoms with Crippen molar-refractivity contribution in [2.75, 3.05) is 18.9 Å². The second kappa shape index (κ2) is 11.9. The zero-order chi connectivity index (χ0) is 23.7. The number of nitrogens with one attached hydrogen (secondary N) is 1. The Morgan fingerprint density at radius 3 is 2.88 bits per heavy atom. The summed E-state index contributed by atoms with van der Waals surface area (Å²) < 4.78 is 5.92. The van der Waals surface area contributed by atoms with Gasteiger partial charge in [0.25, 0.3) is 6.20 Å². The van der Waals surface area contributed by atoms with Crippen LogP contribution in [-0.2, 0) is 10.5 Å². The molecule has 1 aromatic rings. The van der Waals surface area contributed by atoms with Crippen molar-refractivity contribution >= 4 is 17.7 Å². The van der Waals surface area contributed by atoms with Crippen LogP contribution >= 0.6 is 11.8 Å². The largest absolute Gasteiger partial charge is 0.475 e. The van der Waals surface area contributed by atoms with Gasteiger partial charge in [-0.05, 0) is 38.0 Å². The summed E-state index contributed by atoms with van der Waals surface area (Å²) in [6.45, 7) is 7.40. The first kappa shape index (κ1) is 24.8. The van der Waals surface area contributed by atoms with E-state index in [0.717, 1.165) is 42.5 Å². The number of allylic oxidation sites excluding steroid dienone is 1. The molecule has 2 aliphatic rings. The molecule has 33 heavy (non-hydrogen) atoms. The van der Waals surface area contributed by atoms with Gasteiger partial charge in [0, 0.05) is 54.3 Å². The highest BCUT2D eigenvalue weighted by molar-refractivity contribution is 7.98. The highest BCUT2D eigenvalue weighted by Gasteiger charge is 2.32. The highest BCUT2D eigenvalue weighted by Crippen LogP contribution is 2.31. The SMILES string of the molecule is CCCCC1C=CN(/C(=C/[N+](=O)[O-])NCCSCc2ccncc2)C=C1C1=NC(C)(C)CO1. The molecule has 1 atom stereocenters. The van der Waals surface area contributed by atoms with Crippen molar-refractivity contribution in [2.45, 2.75) is 51.3 Å². The van der Waals surface area contributed by atoms with Gasteiger partial charge in [-0.25, -0.2) is 4.99 Å². The fourth-order valence-corrected chi connectivity index (χ4v) is 4.40. The molecule has 1 unspecified atom stereocenters. The zero-order valence-electron chi connectivity index (χ0n) is 19.6. The lowest BCUT2D eigenvalue weighted by Gasteiger charge is -2.27. The Labute approximate surface area is 200 Å². The Morgan fingerprint density at radius 1 is 1.42 bits per heavy atom. The average Bonchev–Trinajstić information content (AvgIpc) is 3.16. The minimum atomic E-state index is -0.427. The second-order valence-electron chi connectivity index (χ2n) is 8.73. The summed E-state index contributed by atoms with van der Waals surface area (Å²) in [7, 11) is 0. The van der Waals surface area contributed by atoms with Crippen molar-refractivity contribution in [3.63, 3.8) is 0 Å². The molecular weight excluding hydrogens is 438 g/mol. The summed E-state index contributed by atoms with van der Waals surface area (Å²) in [5, 5.41) is 14.5. The van der Waals surface area contributed by atoms with Crippen LogP contribution < -0.4 is 5.32 Å². The van der Waals surface area contributed by atoms with E-state index in [1.165, 1.54) is 5.56 Å². The van der Waals surface area contributed by atoms with E-state index < -0.39 is 4.92 Å². The molecule has 2 aliphatic heterocycles. The van der Waals surface area contributed by atoms with Gasteiger partial charge in [0.15, 0.2) is 5.82 Å². The van der Waals surface area contributed by atoms with Crippen LogP contribution in [0.25, 0.3) is 0 Å². The number of thioether (sulfide) groups is 1. The molecule has 1 aromatic heterocycles. The molecule has 0 radical (unpaired) electrons. The van der Waals surface area contributed by atoms with Crippen molar-refractivity contribution in [2.24, 2.45) is 10.9 Å². The van der Waals surface area contributed by atoms with Gasteiger partial charge in [-0.3, -0.25) is 15.1 Å². The minimum absolute atomic E-state index is 0.182. The molecule has 0 aliphatic carbocycles. The molecule has 8 nitrogen and oxygen atoms in total. The highest BCUT2D eigenvalue weighted by atomic mass is 32.2. The fraction of sp³-hybridized carbons (Fsp3) is 0.500. The van der Waals surface area contributed by atoms with Crippen LogP contribution in [0, 0.1) is 16.0 Å². The second-order valence-corrected chi connectivity index (χ2v) is 9.84. The van der Waals surface area contributed by atoms with Crippen LogP contribution in [0.5, 0.6) is 0 Å². The molecule has 1 N–H and O–H groups in total. The number of aliphatic imine (C=N–C) groups is 1. The van der Waals surface area contributed by atoms with Crippen molar-refractivity contribution in [1.29, 1.82) is 0 Å². The summed E-state index contributed by atoms with van der Waals surface area (Å²) in [6.07, 6.45) is 13.7. The molecule has 0 aromatic carbocycles. The number of hydrogen-bond donors (Lipinski definition) is 1. The fourth-order valence-electron chi connectivity index (χ4n) is 3.58. The lowest BCUT2D eigenvalue weighted by Crippen LogP contribution is -2.30. The Hall–Kier alpha value is -2.81. The first-order valence-corrected chi connectivity index (χ1v) is 12.5. The van der Waals surface area contributed by atoms with Gasteiger partial charge in [-0.15, -0.1) is 0 Å². The van der Waals surface area contributed by atoms with Crippen LogP contribution in [-0.4, -0.2) is 45.1 Å². The summed E-state index contributed by atoms with van der Waals surface area (Å²) in [6, 6.07) is 3.99. The molecular formula is C24H33N5O3S. The number of unbranched alkanes of at least 4 members (excludes halogenated alkanes) is 1. The van der Waals surface area contributed by atoms with Crippen molar-refractivity contribution < 1.29 is 9.66 Å².